The summed E-state index contributed by atoms with van der Waals surface area (Å²) in [5.41, 5.74) is 0.914. The minimum Gasteiger partial charge on any atom is -0.382 e. The van der Waals surface area contributed by atoms with Gasteiger partial charge in [0.2, 0.25) is 11.8 Å². The third-order valence-corrected chi connectivity index (χ3v) is 4.32. The summed E-state index contributed by atoms with van der Waals surface area (Å²) in [6.45, 7) is 11.3. The first-order chi connectivity index (χ1) is 10.8. The van der Waals surface area contributed by atoms with E-state index in [1.54, 1.807) is 4.90 Å². The summed E-state index contributed by atoms with van der Waals surface area (Å²) in [5, 5.41) is 3.35. The van der Waals surface area contributed by atoms with Gasteiger partial charge in [-0.15, -0.1) is 11.3 Å². The first kappa shape index (κ1) is 19.6. The number of hydrogen-bond donors (Lipinski definition) is 1. The Morgan fingerprint density at radius 1 is 1.35 bits per heavy atom. The fourth-order valence-corrected chi connectivity index (χ4v) is 2.82. The molecule has 1 rings (SSSR count). The zero-order valence-corrected chi connectivity index (χ0v) is 15.5. The fourth-order valence-electron chi connectivity index (χ4n) is 1.99. The highest BCUT2D eigenvalue weighted by Crippen LogP contribution is 2.21. The van der Waals surface area contributed by atoms with Crippen molar-refractivity contribution in [1.29, 1.82) is 0 Å². The Bertz CT molecular complexity index is 509. The van der Waals surface area contributed by atoms with Crippen LogP contribution in [-0.2, 0) is 14.3 Å². The molecule has 130 valence electrons. The van der Waals surface area contributed by atoms with Crippen LogP contribution < -0.4 is 5.32 Å². The molecule has 1 N–H and O–H groups in total. The van der Waals surface area contributed by atoms with Gasteiger partial charge in [0.25, 0.3) is 0 Å². The summed E-state index contributed by atoms with van der Waals surface area (Å²) < 4.78 is 5.29. The van der Waals surface area contributed by atoms with Crippen LogP contribution in [0.4, 0.5) is 5.13 Å². The highest BCUT2D eigenvalue weighted by atomic mass is 32.1. The zero-order chi connectivity index (χ0) is 17.4. The van der Waals surface area contributed by atoms with Gasteiger partial charge >= 0.3 is 0 Å². The SMILES string of the molecule is CCOCCCN(CC(=O)Nc1nc(C)c(C)s1)C(=O)C(C)C. The van der Waals surface area contributed by atoms with E-state index in [0.717, 1.165) is 17.0 Å². The molecule has 0 radical (unpaired) electrons. The van der Waals surface area contributed by atoms with E-state index in [0.29, 0.717) is 24.9 Å². The maximum absolute atomic E-state index is 12.2. The number of carbonyl (C=O) groups is 2. The van der Waals surface area contributed by atoms with Gasteiger partial charge in [0.1, 0.15) is 0 Å². The summed E-state index contributed by atoms with van der Waals surface area (Å²) >= 11 is 1.44. The third kappa shape index (κ3) is 6.66. The van der Waals surface area contributed by atoms with E-state index in [1.807, 2.05) is 34.6 Å². The van der Waals surface area contributed by atoms with Gasteiger partial charge in [0, 0.05) is 30.6 Å². The molecule has 2 amide bonds. The Morgan fingerprint density at radius 3 is 2.57 bits per heavy atom. The molecule has 0 aliphatic heterocycles. The first-order valence-electron chi connectivity index (χ1n) is 7.95. The van der Waals surface area contributed by atoms with Gasteiger partial charge in [0.05, 0.1) is 12.2 Å². The summed E-state index contributed by atoms with van der Waals surface area (Å²) in [6.07, 6.45) is 0.717. The molecular weight excluding hydrogens is 314 g/mol. The summed E-state index contributed by atoms with van der Waals surface area (Å²) in [6, 6.07) is 0. The predicted octanol–water partition coefficient (Wildman–Crippen LogP) is 2.61. The van der Waals surface area contributed by atoms with E-state index >= 15 is 0 Å². The largest absolute Gasteiger partial charge is 0.382 e. The second-order valence-electron chi connectivity index (χ2n) is 5.67. The van der Waals surface area contributed by atoms with Crippen LogP contribution in [0.15, 0.2) is 0 Å². The molecule has 0 fully saturated rings. The van der Waals surface area contributed by atoms with Crippen LogP contribution in [-0.4, -0.2) is 48.0 Å². The Labute approximate surface area is 142 Å². The Morgan fingerprint density at radius 2 is 2.04 bits per heavy atom. The second kappa shape index (κ2) is 9.62. The molecule has 0 spiro atoms. The smallest absolute Gasteiger partial charge is 0.245 e. The first-order valence-corrected chi connectivity index (χ1v) is 8.77. The molecule has 7 heteroatoms. The summed E-state index contributed by atoms with van der Waals surface area (Å²) in [7, 11) is 0. The fraction of sp³-hybridized carbons (Fsp3) is 0.688. The molecule has 0 atom stereocenters. The molecule has 0 saturated carbocycles. The predicted molar refractivity (Wildman–Crippen MR) is 92.7 cm³/mol. The van der Waals surface area contributed by atoms with Gasteiger partial charge in [-0.1, -0.05) is 13.8 Å². The van der Waals surface area contributed by atoms with Crippen molar-refractivity contribution < 1.29 is 14.3 Å². The number of nitrogens with zero attached hydrogens (tertiary/aromatic N) is 2. The Balaban J connectivity index is 2.59. The van der Waals surface area contributed by atoms with Gasteiger partial charge in [0.15, 0.2) is 5.13 Å². The molecule has 0 aromatic carbocycles. The normalized spacial score (nSPS) is 10.9. The third-order valence-electron chi connectivity index (χ3n) is 3.34. The van der Waals surface area contributed by atoms with Crippen LogP contribution in [0.1, 0.15) is 37.8 Å². The van der Waals surface area contributed by atoms with E-state index < -0.39 is 0 Å². The molecule has 23 heavy (non-hydrogen) atoms. The Hall–Kier alpha value is -1.47. The molecule has 1 heterocycles. The minimum atomic E-state index is -0.218. The standard InChI is InChI=1S/C16H27N3O3S/c1-6-22-9-7-8-19(15(21)11(2)3)10-14(20)18-16-17-12(4)13(5)23-16/h11H,6-10H2,1-5H3,(H,17,18,20). The maximum atomic E-state index is 12.2. The van der Waals surface area contributed by atoms with Gasteiger partial charge in [-0.25, -0.2) is 4.98 Å². The molecule has 1 aromatic rings. The van der Waals surface area contributed by atoms with Crippen molar-refractivity contribution in [3.05, 3.63) is 10.6 Å². The van der Waals surface area contributed by atoms with Gasteiger partial charge in [-0.05, 0) is 27.2 Å². The lowest BCUT2D eigenvalue weighted by molar-refractivity contribution is -0.137. The number of amides is 2. The molecule has 0 bridgehead atoms. The minimum absolute atomic E-state index is 0.0249. The van der Waals surface area contributed by atoms with Crippen molar-refractivity contribution in [3.63, 3.8) is 0 Å². The molecular formula is C16H27N3O3S. The highest BCUT2D eigenvalue weighted by Gasteiger charge is 2.20. The van der Waals surface area contributed by atoms with E-state index in [9.17, 15) is 9.59 Å². The zero-order valence-electron chi connectivity index (χ0n) is 14.6. The average molecular weight is 341 g/mol. The highest BCUT2D eigenvalue weighted by molar-refractivity contribution is 7.15. The number of rotatable bonds is 9. The Kier molecular flexibility index (Phi) is 8.19. The number of thiazole rings is 1. The van der Waals surface area contributed by atoms with Crippen molar-refractivity contribution in [2.75, 3.05) is 31.6 Å². The van der Waals surface area contributed by atoms with E-state index in [1.165, 1.54) is 11.3 Å². The van der Waals surface area contributed by atoms with Gasteiger partial charge in [-0.3, -0.25) is 9.59 Å². The molecule has 6 nitrogen and oxygen atoms in total. The van der Waals surface area contributed by atoms with E-state index in [4.69, 9.17) is 4.74 Å². The molecule has 0 aliphatic carbocycles. The lowest BCUT2D eigenvalue weighted by Crippen LogP contribution is -2.41. The van der Waals surface area contributed by atoms with Gasteiger partial charge < -0.3 is 15.0 Å². The number of nitrogens with one attached hydrogen (secondary N) is 1. The number of aryl methyl sites for hydroxylation is 2. The number of hydrogen-bond acceptors (Lipinski definition) is 5. The van der Waals surface area contributed by atoms with Crippen molar-refractivity contribution >= 4 is 28.3 Å². The van der Waals surface area contributed by atoms with Crippen LogP contribution in [0.5, 0.6) is 0 Å². The average Bonchev–Trinajstić information content (AvgIpc) is 2.79. The summed E-state index contributed by atoms with van der Waals surface area (Å²) in [4.78, 5) is 31.4. The van der Waals surface area contributed by atoms with Crippen LogP contribution >= 0.6 is 11.3 Å². The maximum Gasteiger partial charge on any atom is 0.245 e. The van der Waals surface area contributed by atoms with Crippen molar-refractivity contribution in [2.24, 2.45) is 5.92 Å². The lowest BCUT2D eigenvalue weighted by atomic mass is 10.2. The van der Waals surface area contributed by atoms with Crippen LogP contribution in [0, 0.1) is 19.8 Å². The lowest BCUT2D eigenvalue weighted by Gasteiger charge is -2.23. The van der Waals surface area contributed by atoms with E-state index in [2.05, 4.69) is 10.3 Å². The van der Waals surface area contributed by atoms with Gasteiger partial charge in [-0.2, -0.15) is 0 Å². The second-order valence-corrected chi connectivity index (χ2v) is 6.88. The van der Waals surface area contributed by atoms with Crippen LogP contribution in [0.25, 0.3) is 0 Å². The molecule has 0 aliphatic rings. The molecule has 1 aromatic heterocycles. The monoisotopic (exact) mass is 341 g/mol. The number of anilines is 1. The van der Waals surface area contributed by atoms with Crippen molar-refractivity contribution in [3.8, 4) is 0 Å². The van der Waals surface area contributed by atoms with Crippen molar-refractivity contribution in [1.82, 2.24) is 9.88 Å². The summed E-state index contributed by atoms with van der Waals surface area (Å²) in [5.74, 6) is -0.383. The molecule has 0 unspecified atom stereocenters. The van der Waals surface area contributed by atoms with Crippen LogP contribution in [0.3, 0.4) is 0 Å². The topological polar surface area (TPSA) is 71.5 Å². The van der Waals surface area contributed by atoms with Crippen LogP contribution in [0.2, 0.25) is 0 Å². The van der Waals surface area contributed by atoms with Crippen molar-refractivity contribution in [2.45, 2.75) is 41.0 Å². The number of carbonyl (C=O) groups excluding carboxylic acids is 2. The number of ether oxygens (including phenoxy) is 1. The number of aromatic nitrogens is 1. The molecule has 0 saturated heterocycles. The quantitative estimate of drug-likeness (QED) is 0.701. The van der Waals surface area contributed by atoms with E-state index in [-0.39, 0.29) is 24.3 Å².